The summed E-state index contributed by atoms with van der Waals surface area (Å²) < 4.78 is 0. The zero-order chi connectivity index (χ0) is 30.5. The van der Waals surface area contributed by atoms with Gasteiger partial charge in [-0.2, -0.15) is 0 Å². The average Bonchev–Trinajstić information content (AvgIpc) is 3.14. The normalized spacial score (nSPS) is 11.5. The van der Waals surface area contributed by atoms with Crippen molar-refractivity contribution in [1.82, 2.24) is 29.9 Å². The Morgan fingerprint density at radius 2 is 0.935 bits per heavy atom. The third-order valence-electron chi connectivity index (χ3n) is 8.47. The molecule has 0 aliphatic carbocycles. The van der Waals surface area contributed by atoms with Gasteiger partial charge < -0.3 is 0 Å². The van der Waals surface area contributed by atoms with E-state index >= 15 is 0 Å². The van der Waals surface area contributed by atoms with E-state index in [9.17, 15) is 0 Å². The summed E-state index contributed by atoms with van der Waals surface area (Å²) in [7, 11) is 0. The third-order valence-corrected chi connectivity index (χ3v) is 8.47. The molecule has 46 heavy (non-hydrogen) atoms. The van der Waals surface area contributed by atoms with Gasteiger partial charge in [-0.25, -0.2) is 19.9 Å². The van der Waals surface area contributed by atoms with Crippen LogP contribution in [-0.2, 0) is 0 Å². The summed E-state index contributed by atoms with van der Waals surface area (Å²) in [5, 5.41) is 4.33. The molecular weight excluding hydrogens is 564 g/mol. The summed E-state index contributed by atoms with van der Waals surface area (Å²) >= 11 is 0. The topological polar surface area (TPSA) is 77.3 Å². The van der Waals surface area contributed by atoms with E-state index in [1.807, 2.05) is 30.6 Å². The molecule has 6 heteroatoms. The van der Waals surface area contributed by atoms with E-state index < -0.39 is 0 Å². The Bertz CT molecular complexity index is 2580. The first-order valence-corrected chi connectivity index (χ1v) is 15.1. The van der Waals surface area contributed by atoms with Crippen LogP contribution in [-0.4, -0.2) is 29.9 Å². The largest absolute Gasteiger partial charge is 0.254 e. The van der Waals surface area contributed by atoms with Crippen LogP contribution in [0.15, 0.2) is 146 Å². The molecule has 214 valence electrons. The van der Waals surface area contributed by atoms with Gasteiger partial charge in [0.05, 0.1) is 27.8 Å². The third kappa shape index (κ3) is 4.52. The van der Waals surface area contributed by atoms with Gasteiger partial charge >= 0.3 is 0 Å². The van der Waals surface area contributed by atoms with Gasteiger partial charge in [0.1, 0.15) is 5.69 Å². The maximum absolute atomic E-state index is 5.09. The highest BCUT2D eigenvalue weighted by Gasteiger charge is 2.12. The Morgan fingerprint density at radius 3 is 1.67 bits per heavy atom. The van der Waals surface area contributed by atoms with Crippen LogP contribution in [0.4, 0.5) is 0 Å². The predicted molar refractivity (Wildman–Crippen MR) is 185 cm³/mol. The van der Waals surface area contributed by atoms with E-state index in [0.29, 0.717) is 5.82 Å². The first-order chi connectivity index (χ1) is 22.8. The molecule has 0 amide bonds. The SMILES string of the molecule is c1cnc(-c2ccc3ccc(-c4ccc5ccc(-c6ccc(-c7cc8cccnc8c8ncccc78)cc6)nc5c4)cc3n2)nc1. The zero-order valence-corrected chi connectivity index (χ0v) is 24.5. The van der Waals surface area contributed by atoms with Gasteiger partial charge in [0.25, 0.3) is 0 Å². The van der Waals surface area contributed by atoms with Crippen molar-refractivity contribution in [3.63, 3.8) is 0 Å². The van der Waals surface area contributed by atoms with E-state index in [1.165, 1.54) is 0 Å². The number of nitrogens with zero attached hydrogens (tertiary/aromatic N) is 6. The van der Waals surface area contributed by atoms with Gasteiger partial charge in [-0.3, -0.25) is 9.97 Å². The van der Waals surface area contributed by atoms with Gasteiger partial charge in [-0.05, 0) is 70.8 Å². The van der Waals surface area contributed by atoms with Crippen molar-refractivity contribution in [2.45, 2.75) is 0 Å². The second-order valence-corrected chi connectivity index (χ2v) is 11.3. The van der Waals surface area contributed by atoms with E-state index in [2.05, 4.69) is 117 Å². The van der Waals surface area contributed by atoms with Crippen LogP contribution in [0.25, 0.3) is 88.6 Å². The lowest BCUT2D eigenvalue weighted by atomic mass is 9.96. The van der Waals surface area contributed by atoms with Gasteiger partial charge in [0.15, 0.2) is 5.82 Å². The average molecular weight is 589 g/mol. The molecule has 0 aliphatic heterocycles. The minimum absolute atomic E-state index is 0.616. The summed E-state index contributed by atoms with van der Waals surface area (Å²) in [5.74, 6) is 0.616. The highest BCUT2D eigenvalue weighted by molar-refractivity contribution is 6.10. The van der Waals surface area contributed by atoms with E-state index in [0.717, 1.165) is 82.8 Å². The molecule has 9 aromatic rings. The van der Waals surface area contributed by atoms with Crippen LogP contribution >= 0.6 is 0 Å². The van der Waals surface area contributed by atoms with Gasteiger partial charge in [-0.1, -0.05) is 72.8 Å². The van der Waals surface area contributed by atoms with Crippen LogP contribution in [0.3, 0.4) is 0 Å². The minimum atomic E-state index is 0.616. The molecule has 0 radical (unpaired) electrons. The fourth-order valence-corrected chi connectivity index (χ4v) is 6.15. The maximum Gasteiger partial charge on any atom is 0.178 e. The molecule has 0 bridgehead atoms. The molecule has 4 aromatic carbocycles. The number of fused-ring (bicyclic) bond motifs is 5. The molecule has 0 unspecified atom stereocenters. The highest BCUT2D eigenvalue weighted by atomic mass is 14.9. The standard InChI is InChI=1S/C40H24N6/c1-4-31-22-33(32-5-2-19-42-39(32)38(31)41-18-1)25-6-8-26(9-7-25)34-16-14-27-10-12-29(23-36(27)45-34)30-13-11-28-15-17-35(46-37(28)24-30)40-43-20-3-21-44-40/h1-24H. The van der Waals surface area contributed by atoms with Crippen molar-refractivity contribution in [2.75, 3.05) is 0 Å². The molecule has 0 spiro atoms. The van der Waals surface area contributed by atoms with Crippen LogP contribution < -0.4 is 0 Å². The Kier molecular flexibility index (Phi) is 6.03. The molecule has 0 fully saturated rings. The van der Waals surface area contributed by atoms with Crippen LogP contribution in [0.5, 0.6) is 0 Å². The molecule has 0 aliphatic rings. The van der Waals surface area contributed by atoms with E-state index in [1.54, 1.807) is 18.5 Å². The van der Waals surface area contributed by atoms with E-state index in [4.69, 9.17) is 9.97 Å². The fraction of sp³-hybridized carbons (Fsp3) is 0. The predicted octanol–water partition coefficient (Wildman–Crippen LogP) is 9.34. The van der Waals surface area contributed by atoms with Gasteiger partial charge in [0.2, 0.25) is 0 Å². The number of hydrogen-bond acceptors (Lipinski definition) is 6. The second kappa shape index (κ2) is 10.6. The molecule has 0 N–H and O–H groups in total. The monoisotopic (exact) mass is 588 g/mol. The van der Waals surface area contributed by atoms with Crippen LogP contribution in [0, 0.1) is 0 Å². The zero-order valence-electron chi connectivity index (χ0n) is 24.5. The molecule has 5 aromatic heterocycles. The van der Waals surface area contributed by atoms with Crippen molar-refractivity contribution >= 4 is 43.6 Å². The van der Waals surface area contributed by atoms with Crippen molar-refractivity contribution in [1.29, 1.82) is 0 Å². The van der Waals surface area contributed by atoms with Gasteiger partial charge in [0, 0.05) is 51.9 Å². The summed E-state index contributed by atoms with van der Waals surface area (Å²) in [5.41, 5.74) is 10.9. The molecule has 0 atom stereocenters. The number of pyridine rings is 4. The molecule has 9 rings (SSSR count). The first-order valence-electron chi connectivity index (χ1n) is 15.1. The van der Waals surface area contributed by atoms with Crippen molar-refractivity contribution in [3.05, 3.63) is 146 Å². The Hall–Kier alpha value is -6.40. The lowest BCUT2D eigenvalue weighted by Gasteiger charge is -2.11. The Morgan fingerprint density at radius 1 is 0.370 bits per heavy atom. The van der Waals surface area contributed by atoms with Gasteiger partial charge in [-0.15, -0.1) is 0 Å². The minimum Gasteiger partial charge on any atom is -0.254 e. The number of aromatic nitrogens is 6. The van der Waals surface area contributed by atoms with Crippen LogP contribution in [0.1, 0.15) is 0 Å². The molecule has 6 nitrogen and oxygen atoms in total. The van der Waals surface area contributed by atoms with Crippen molar-refractivity contribution in [3.8, 4) is 45.0 Å². The molecule has 5 heterocycles. The van der Waals surface area contributed by atoms with Crippen molar-refractivity contribution < 1.29 is 0 Å². The maximum atomic E-state index is 5.09. The second-order valence-electron chi connectivity index (χ2n) is 11.3. The van der Waals surface area contributed by atoms with E-state index in [-0.39, 0.29) is 0 Å². The molecule has 0 saturated carbocycles. The summed E-state index contributed by atoms with van der Waals surface area (Å²) in [6.07, 6.45) is 7.12. The Balaban J connectivity index is 1.07. The quantitative estimate of drug-likeness (QED) is 0.191. The smallest absolute Gasteiger partial charge is 0.178 e. The number of benzene rings is 4. The Labute approximate surface area is 264 Å². The molecular formula is C40H24N6. The number of rotatable bonds is 4. The lowest BCUT2D eigenvalue weighted by molar-refractivity contribution is 1.15. The molecule has 0 saturated heterocycles. The highest BCUT2D eigenvalue weighted by Crippen LogP contribution is 2.34. The lowest BCUT2D eigenvalue weighted by Crippen LogP contribution is -1.91. The van der Waals surface area contributed by atoms with Crippen LogP contribution in [0.2, 0.25) is 0 Å². The van der Waals surface area contributed by atoms with Crippen molar-refractivity contribution in [2.24, 2.45) is 0 Å². The fourth-order valence-electron chi connectivity index (χ4n) is 6.15. The summed E-state index contributed by atoms with van der Waals surface area (Å²) in [4.78, 5) is 27.9. The summed E-state index contributed by atoms with van der Waals surface area (Å²) in [6, 6.07) is 41.8. The first kappa shape index (κ1) is 26.0. The number of hydrogen-bond donors (Lipinski definition) is 0. The summed E-state index contributed by atoms with van der Waals surface area (Å²) in [6.45, 7) is 0.